The molecule has 0 unspecified atom stereocenters. The Labute approximate surface area is 166 Å². The first-order valence-electron chi connectivity index (χ1n) is 8.90. The minimum Gasteiger partial charge on any atom is -0.493 e. The Kier molecular flexibility index (Phi) is 6.90. The molecule has 0 bridgehead atoms. The van der Waals surface area contributed by atoms with E-state index in [0.29, 0.717) is 17.2 Å². The molecule has 0 aliphatic heterocycles. The van der Waals surface area contributed by atoms with Gasteiger partial charge >= 0.3 is 0 Å². The standard InChI is InChI=1S/C20H26N2O5S/c1-6-14-8-10-15(11-9-14)21-20(23)16-12-18(26-4)19(27-5)13-17(16)22(3)28(24,25)7-2/h8-13H,6-7H2,1-5H3,(H,21,23). The molecule has 0 aliphatic carbocycles. The third-order valence-corrected chi connectivity index (χ3v) is 6.25. The monoisotopic (exact) mass is 406 g/mol. The molecule has 152 valence electrons. The minimum atomic E-state index is -3.58. The molecular formula is C20H26N2O5S. The number of ether oxygens (including phenoxy) is 2. The van der Waals surface area contributed by atoms with E-state index >= 15 is 0 Å². The van der Waals surface area contributed by atoms with Crippen molar-refractivity contribution in [2.45, 2.75) is 20.3 Å². The van der Waals surface area contributed by atoms with Gasteiger partial charge in [0.25, 0.3) is 5.91 Å². The van der Waals surface area contributed by atoms with E-state index in [9.17, 15) is 13.2 Å². The lowest BCUT2D eigenvalue weighted by molar-refractivity contribution is 0.102. The van der Waals surface area contributed by atoms with Crippen LogP contribution in [-0.4, -0.2) is 41.3 Å². The fourth-order valence-corrected chi connectivity index (χ4v) is 3.51. The van der Waals surface area contributed by atoms with E-state index < -0.39 is 15.9 Å². The van der Waals surface area contributed by atoms with E-state index in [1.165, 1.54) is 33.4 Å². The Morgan fingerprint density at radius 2 is 1.61 bits per heavy atom. The van der Waals surface area contributed by atoms with Gasteiger partial charge in [0.2, 0.25) is 10.0 Å². The third-order valence-electron chi connectivity index (χ3n) is 4.49. The van der Waals surface area contributed by atoms with Gasteiger partial charge in [-0.2, -0.15) is 0 Å². The van der Waals surface area contributed by atoms with Crippen LogP contribution in [0.4, 0.5) is 11.4 Å². The number of nitrogens with zero attached hydrogens (tertiary/aromatic N) is 1. The SMILES string of the molecule is CCc1ccc(NC(=O)c2cc(OC)c(OC)cc2N(C)S(=O)(=O)CC)cc1. The molecule has 0 atom stereocenters. The summed E-state index contributed by atoms with van der Waals surface area (Å²) in [7, 11) is 0.736. The highest BCUT2D eigenvalue weighted by molar-refractivity contribution is 7.92. The van der Waals surface area contributed by atoms with Crippen molar-refractivity contribution in [2.24, 2.45) is 0 Å². The van der Waals surface area contributed by atoms with Gasteiger partial charge in [-0.15, -0.1) is 0 Å². The summed E-state index contributed by atoms with van der Waals surface area (Å²) >= 11 is 0. The quantitative estimate of drug-likeness (QED) is 0.727. The number of methoxy groups -OCH3 is 2. The van der Waals surface area contributed by atoms with Crippen LogP contribution in [0.3, 0.4) is 0 Å². The van der Waals surface area contributed by atoms with Crippen LogP contribution in [0.5, 0.6) is 11.5 Å². The van der Waals surface area contributed by atoms with E-state index in [1.54, 1.807) is 6.92 Å². The zero-order valence-corrected chi connectivity index (χ0v) is 17.6. The van der Waals surface area contributed by atoms with Gasteiger partial charge in [0, 0.05) is 18.8 Å². The summed E-state index contributed by atoms with van der Waals surface area (Å²) in [5.41, 5.74) is 2.14. The van der Waals surface area contributed by atoms with Crippen LogP contribution in [0.25, 0.3) is 0 Å². The van der Waals surface area contributed by atoms with Crippen molar-refractivity contribution in [2.75, 3.05) is 36.6 Å². The molecule has 2 rings (SSSR count). The number of hydrogen-bond donors (Lipinski definition) is 1. The first kappa shape index (κ1) is 21.6. The molecule has 2 aromatic carbocycles. The summed E-state index contributed by atoms with van der Waals surface area (Å²) in [6.45, 7) is 3.59. The number of aryl methyl sites for hydroxylation is 1. The van der Waals surface area contributed by atoms with Crippen molar-refractivity contribution in [1.29, 1.82) is 0 Å². The van der Waals surface area contributed by atoms with E-state index in [2.05, 4.69) is 5.32 Å². The highest BCUT2D eigenvalue weighted by Crippen LogP contribution is 2.36. The number of sulfonamides is 1. The molecule has 2 aromatic rings. The first-order valence-corrected chi connectivity index (χ1v) is 10.5. The van der Waals surface area contributed by atoms with Gasteiger partial charge in [-0.1, -0.05) is 19.1 Å². The van der Waals surface area contributed by atoms with Crippen molar-refractivity contribution >= 4 is 27.3 Å². The lowest BCUT2D eigenvalue weighted by Gasteiger charge is -2.23. The minimum absolute atomic E-state index is 0.0998. The molecule has 28 heavy (non-hydrogen) atoms. The molecule has 1 N–H and O–H groups in total. The van der Waals surface area contributed by atoms with Crippen molar-refractivity contribution in [3.8, 4) is 11.5 Å². The van der Waals surface area contributed by atoms with Crippen LogP contribution in [0.15, 0.2) is 36.4 Å². The predicted octanol–water partition coefficient (Wildman–Crippen LogP) is 3.30. The number of amides is 1. The van der Waals surface area contributed by atoms with Crippen molar-refractivity contribution < 1.29 is 22.7 Å². The highest BCUT2D eigenvalue weighted by atomic mass is 32.2. The van der Waals surface area contributed by atoms with Crippen LogP contribution in [0.1, 0.15) is 29.8 Å². The molecule has 1 amide bonds. The number of carbonyl (C=O) groups excluding carboxylic acids is 1. The fourth-order valence-electron chi connectivity index (χ4n) is 2.68. The largest absolute Gasteiger partial charge is 0.493 e. The molecular weight excluding hydrogens is 380 g/mol. The third kappa shape index (κ3) is 4.56. The summed E-state index contributed by atoms with van der Waals surface area (Å²) in [5, 5.41) is 2.81. The van der Waals surface area contributed by atoms with Crippen LogP contribution in [0, 0.1) is 0 Å². The van der Waals surface area contributed by atoms with Gasteiger partial charge in [-0.05, 0) is 37.1 Å². The van der Waals surface area contributed by atoms with Crippen molar-refractivity contribution in [1.82, 2.24) is 0 Å². The maximum Gasteiger partial charge on any atom is 0.257 e. The molecule has 0 saturated carbocycles. The molecule has 0 radical (unpaired) electrons. The zero-order valence-electron chi connectivity index (χ0n) is 16.8. The predicted molar refractivity (Wildman–Crippen MR) is 111 cm³/mol. The normalized spacial score (nSPS) is 11.0. The molecule has 0 aliphatic rings. The van der Waals surface area contributed by atoms with Crippen molar-refractivity contribution in [3.05, 3.63) is 47.5 Å². The summed E-state index contributed by atoms with van der Waals surface area (Å²) < 4.78 is 36.4. The van der Waals surface area contributed by atoms with Gasteiger partial charge in [0.05, 0.1) is 31.2 Å². The van der Waals surface area contributed by atoms with Crippen LogP contribution in [-0.2, 0) is 16.4 Å². The summed E-state index contributed by atoms with van der Waals surface area (Å²) in [5.74, 6) is 0.120. The summed E-state index contributed by atoms with van der Waals surface area (Å²) in [6, 6.07) is 10.4. The number of hydrogen-bond acceptors (Lipinski definition) is 5. The Balaban J connectivity index is 2.51. The zero-order chi connectivity index (χ0) is 20.9. The lowest BCUT2D eigenvalue weighted by atomic mass is 10.1. The van der Waals surface area contributed by atoms with E-state index in [0.717, 1.165) is 16.3 Å². The number of anilines is 2. The summed E-state index contributed by atoms with van der Waals surface area (Å²) in [6.07, 6.45) is 0.897. The van der Waals surface area contributed by atoms with E-state index in [4.69, 9.17) is 9.47 Å². The maximum atomic E-state index is 12.9. The number of nitrogens with one attached hydrogen (secondary N) is 1. The Morgan fingerprint density at radius 1 is 1.04 bits per heavy atom. The molecule has 0 fully saturated rings. The second-order valence-corrected chi connectivity index (χ2v) is 8.39. The molecule has 0 aromatic heterocycles. The maximum absolute atomic E-state index is 12.9. The molecule has 7 nitrogen and oxygen atoms in total. The number of carbonyl (C=O) groups is 1. The van der Waals surface area contributed by atoms with E-state index in [1.807, 2.05) is 31.2 Å². The highest BCUT2D eigenvalue weighted by Gasteiger charge is 2.25. The van der Waals surface area contributed by atoms with Gasteiger partial charge in [0.15, 0.2) is 11.5 Å². The van der Waals surface area contributed by atoms with Gasteiger partial charge in [0.1, 0.15) is 0 Å². The fraction of sp³-hybridized carbons (Fsp3) is 0.350. The molecule has 0 saturated heterocycles. The van der Waals surface area contributed by atoms with Crippen LogP contribution in [0.2, 0.25) is 0 Å². The Hall–Kier alpha value is -2.74. The lowest BCUT2D eigenvalue weighted by Crippen LogP contribution is -2.30. The molecule has 0 spiro atoms. The van der Waals surface area contributed by atoms with Gasteiger partial charge in [-0.3, -0.25) is 9.10 Å². The topological polar surface area (TPSA) is 84.9 Å². The average molecular weight is 407 g/mol. The average Bonchev–Trinajstić information content (AvgIpc) is 2.72. The number of benzene rings is 2. The Bertz CT molecular complexity index is 940. The van der Waals surface area contributed by atoms with Gasteiger partial charge < -0.3 is 14.8 Å². The van der Waals surface area contributed by atoms with Crippen LogP contribution < -0.4 is 19.1 Å². The molecule has 0 heterocycles. The number of rotatable bonds is 8. The van der Waals surface area contributed by atoms with Gasteiger partial charge in [-0.25, -0.2) is 8.42 Å². The Morgan fingerprint density at radius 3 is 2.11 bits per heavy atom. The van der Waals surface area contributed by atoms with E-state index in [-0.39, 0.29) is 17.0 Å². The first-order chi connectivity index (χ1) is 13.3. The molecule has 8 heteroatoms. The second kappa shape index (κ2) is 8.97. The second-order valence-electron chi connectivity index (χ2n) is 6.10. The smallest absolute Gasteiger partial charge is 0.257 e. The van der Waals surface area contributed by atoms with Crippen LogP contribution >= 0.6 is 0 Å². The van der Waals surface area contributed by atoms with Crippen molar-refractivity contribution in [3.63, 3.8) is 0 Å². The summed E-state index contributed by atoms with van der Waals surface area (Å²) in [4.78, 5) is 12.9.